The van der Waals surface area contributed by atoms with E-state index in [9.17, 15) is 34.5 Å². The summed E-state index contributed by atoms with van der Waals surface area (Å²) in [6, 6.07) is 12.7. The van der Waals surface area contributed by atoms with E-state index in [0.717, 1.165) is 21.9 Å². The molecule has 3 N–H and O–H groups in total. The maximum atomic E-state index is 14.6. The number of cyclic esters (lactones) is 1. The van der Waals surface area contributed by atoms with Crippen molar-refractivity contribution in [3.63, 3.8) is 0 Å². The van der Waals surface area contributed by atoms with E-state index < -0.39 is 83.9 Å². The molecule has 2 aromatic rings. The van der Waals surface area contributed by atoms with Crippen LogP contribution in [0.2, 0.25) is 0 Å². The number of amides is 1. The summed E-state index contributed by atoms with van der Waals surface area (Å²) in [6.07, 6.45) is 4.47. The number of carbonyl (C=O) groups is 4. The van der Waals surface area contributed by atoms with Crippen LogP contribution in [-0.4, -0.2) is 133 Å². The van der Waals surface area contributed by atoms with Gasteiger partial charge in [-0.3, -0.25) is 14.4 Å². The topological polar surface area (TPSA) is 188 Å². The Hall–Kier alpha value is -4.12. The molecule has 2 aromatic carbocycles. The molecule has 386 valence electrons. The summed E-state index contributed by atoms with van der Waals surface area (Å²) in [5.41, 5.74) is 2.37. The van der Waals surface area contributed by atoms with Crippen LogP contribution in [0.3, 0.4) is 0 Å². The highest BCUT2D eigenvalue weighted by atomic mass is 16.7. The number of hydrogen-bond donors (Lipinski definition) is 3. The van der Waals surface area contributed by atoms with Crippen LogP contribution >= 0.6 is 0 Å². The fourth-order valence-electron chi connectivity index (χ4n) is 11.3. The lowest BCUT2D eigenvalue weighted by Gasteiger charge is -2.47. The quantitative estimate of drug-likeness (QED) is 0.114. The van der Waals surface area contributed by atoms with Crippen molar-refractivity contribution in [2.45, 2.75) is 166 Å². The molecule has 1 amide bonds. The molecule has 0 radical (unpaired) electrons. The molecular weight excluding hydrogens is 895 g/mol. The van der Waals surface area contributed by atoms with Crippen LogP contribution in [0.1, 0.15) is 117 Å². The number of fused-ring (bicyclic) bond motifs is 4. The van der Waals surface area contributed by atoms with Crippen LogP contribution in [0.25, 0.3) is 10.8 Å². The highest BCUT2D eigenvalue weighted by Gasteiger charge is 2.56. The van der Waals surface area contributed by atoms with Gasteiger partial charge in [-0.2, -0.15) is 0 Å². The average Bonchev–Trinajstić information content (AvgIpc) is 3.35. The van der Waals surface area contributed by atoms with Gasteiger partial charge in [0, 0.05) is 52.0 Å². The first-order valence-electron chi connectivity index (χ1n) is 25.4. The van der Waals surface area contributed by atoms with Gasteiger partial charge < -0.3 is 48.6 Å². The van der Waals surface area contributed by atoms with Crippen molar-refractivity contribution < 1.29 is 62.9 Å². The summed E-state index contributed by atoms with van der Waals surface area (Å²) < 4.78 is 36.8. The molecule has 3 fully saturated rings. The van der Waals surface area contributed by atoms with Crippen molar-refractivity contribution in [1.29, 1.82) is 0 Å². The molecule has 14 heteroatoms. The molecule has 0 spiro atoms. The third-order valence-corrected chi connectivity index (χ3v) is 15.5. The molecule has 0 unspecified atom stereocenters. The second kappa shape index (κ2) is 25.0. The number of carbonyl (C=O) groups excluding carboxylic acids is 4. The fraction of sp³-hybridized carbons (Fsp3) is 0.643. The Balaban J connectivity index is 1.27. The molecule has 4 aliphatic rings. The maximum absolute atomic E-state index is 14.6. The lowest BCUT2D eigenvalue weighted by atomic mass is 9.81. The Bertz CT molecular complexity index is 2190. The third kappa shape index (κ3) is 13.1. The summed E-state index contributed by atoms with van der Waals surface area (Å²) in [6.45, 7) is 13.3. The maximum Gasteiger partial charge on any atom is 0.329 e. The molecule has 3 aliphatic heterocycles. The van der Waals surface area contributed by atoms with Crippen molar-refractivity contribution in [2.75, 3.05) is 34.5 Å². The summed E-state index contributed by atoms with van der Waals surface area (Å²) in [4.78, 5) is 58.7. The van der Waals surface area contributed by atoms with E-state index in [4.69, 9.17) is 28.4 Å². The predicted octanol–water partition coefficient (Wildman–Crippen LogP) is 7.55. The van der Waals surface area contributed by atoms with Gasteiger partial charge in [-0.15, -0.1) is 6.58 Å². The van der Waals surface area contributed by atoms with Crippen LogP contribution in [0.4, 0.5) is 0 Å². The third-order valence-electron chi connectivity index (χ3n) is 15.5. The van der Waals surface area contributed by atoms with Crippen LogP contribution in [0, 0.1) is 29.6 Å². The number of rotatable bonds is 11. The second-order valence-electron chi connectivity index (χ2n) is 20.7. The number of Topliss-reactive ketones (excluding diaryl/α,β-unsaturated/α-hetero) is 2. The summed E-state index contributed by atoms with van der Waals surface area (Å²) >= 11 is 0. The van der Waals surface area contributed by atoms with Crippen molar-refractivity contribution >= 4 is 34.2 Å². The molecular formula is C56H79NO13. The zero-order valence-corrected chi connectivity index (χ0v) is 42.6. The smallest absolute Gasteiger partial charge is 0.329 e. The van der Waals surface area contributed by atoms with Gasteiger partial charge in [0.2, 0.25) is 5.79 Å². The van der Waals surface area contributed by atoms with Gasteiger partial charge in [0.15, 0.2) is 0 Å². The lowest BCUT2D eigenvalue weighted by Crippen LogP contribution is -2.64. The van der Waals surface area contributed by atoms with Gasteiger partial charge in [0.1, 0.15) is 30.1 Å². The number of hydrogen-bond acceptors (Lipinski definition) is 13. The van der Waals surface area contributed by atoms with Crippen LogP contribution in [0.15, 0.2) is 78.4 Å². The van der Waals surface area contributed by atoms with Crippen LogP contribution in [0.5, 0.6) is 0 Å². The molecule has 0 aromatic heterocycles. The van der Waals surface area contributed by atoms with Gasteiger partial charge in [-0.05, 0) is 118 Å². The Kier molecular flexibility index (Phi) is 19.7. The molecule has 6 rings (SSSR count). The normalized spacial score (nSPS) is 36.0. The number of aliphatic hydroxyl groups is 3. The minimum atomic E-state index is -2.53. The number of benzene rings is 2. The van der Waals surface area contributed by atoms with Gasteiger partial charge in [-0.25, -0.2) is 4.79 Å². The summed E-state index contributed by atoms with van der Waals surface area (Å²) in [7, 11) is 4.69. The molecule has 2 bridgehead atoms. The highest BCUT2D eigenvalue weighted by molar-refractivity contribution is 6.39. The monoisotopic (exact) mass is 974 g/mol. The minimum absolute atomic E-state index is 0.00484. The van der Waals surface area contributed by atoms with E-state index in [0.29, 0.717) is 56.9 Å². The first-order valence-corrected chi connectivity index (χ1v) is 25.4. The number of piperidine rings is 1. The first-order chi connectivity index (χ1) is 33.4. The van der Waals surface area contributed by atoms with Crippen molar-refractivity contribution in [3.8, 4) is 0 Å². The Labute approximate surface area is 414 Å². The summed E-state index contributed by atoms with van der Waals surface area (Å²) in [5, 5.41) is 37.3. The lowest BCUT2D eigenvalue weighted by molar-refractivity contribution is -0.302. The van der Waals surface area contributed by atoms with Gasteiger partial charge >= 0.3 is 5.97 Å². The zero-order chi connectivity index (χ0) is 50.9. The van der Waals surface area contributed by atoms with E-state index in [1.165, 1.54) is 19.1 Å². The molecule has 15 atom stereocenters. The van der Waals surface area contributed by atoms with Crippen LogP contribution in [-0.2, 0) is 47.6 Å². The zero-order valence-electron chi connectivity index (χ0n) is 42.6. The number of allylic oxidation sites excluding steroid dienone is 4. The molecule has 1 aliphatic carbocycles. The van der Waals surface area contributed by atoms with Crippen molar-refractivity contribution in [1.82, 2.24) is 4.90 Å². The largest absolute Gasteiger partial charge is 0.456 e. The molecule has 2 saturated heterocycles. The molecule has 70 heavy (non-hydrogen) atoms. The Morgan fingerprint density at radius 2 is 1.60 bits per heavy atom. The van der Waals surface area contributed by atoms with Crippen molar-refractivity contribution in [3.05, 3.63) is 84.0 Å². The predicted molar refractivity (Wildman–Crippen MR) is 265 cm³/mol. The molecule has 3 heterocycles. The molecule has 14 nitrogen and oxygen atoms in total. The second-order valence-corrected chi connectivity index (χ2v) is 20.7. The standard InChI is InChI=1S/C56H79NO13/c1-10-15-41-25-33(2)24-34(3)26-49(66-8)52-50(67-9)28-36(5)56(64,70-52)53(61)54(62)57-23-14-13-18-43(57)55(63)69-51(37(6)44(58)31-45(41)59)35(4)27-38-19-22-47(48(29-38)65-7)68-32-46(60)42-21-20-39-16-11-12-17-40(39)30-42/h10-12,16-17,20-21,25,27,30,34,36-38,41,43-44,46-52,58,60,64H,1,13-15,18-19,22-24,26,28-29,31-32H2,2-9H3/b33-25+,35-27+/t34-,36+,37+,38-,41+,43-,44-,46+,47+,48+,49-,50-,51+,52+,56+/m0/s1. The van der Waals surface area contributed by atoms with Crippen LogP contribution < -0.4 is 0 Å². The minimum Gasteiger partial charge on any atom is -0.456 e. The highest BCUT2D eigenvalue weighted by Crippen LogP contribution is 2.40. The Morgan fingerprint density at radius 3 is 2.30 bits per heavy atom. The molecule has 1 saturated carbocycles. The number of aliphatic hydroxyl groups excluding tert-OH is 2. The average molecular weight is 974 g/mol. The van der Waals surface area contributed by atoms with Crippen molar-refractivity contribution in [2.24, 2.45) is 29.6 Å². The van der Waals surface area contributed by atoms with E-state index in [1.807, 2.05) is 75.4 Å². The number of nitrogens with zero attached hydrogens (tertiary/aromatic N) is 1. The Morgan fingerprint density at radius 1 is 0.900 bits per heavy atom. The SMILES string of the molecule is C=CC[C@@H]1/C=C(\C)C[C@H](C)C[C@H](OC)[C@H]2O[C@@](O)(C(=O)C(=O)N3CCCC[C@H]3C(=O)O[C@H](/C(C)=C/[C@@H]3CC[C@@H](OC[C@@H](O)c4ccc5ccccc5c4)[C@H](OC)C3)[C@H](C)[C@@H](O)CC1=O)[C@H](C)C[C@@H]2OC. The van der Waals surface area contributed by atoms with E-state index in [-0.39, 0.29) is 62.2 Å². The van der Waals surface area contributed by atoms with Gasteiger partial charge in [0.05, 0.1) is 37.1 Å². The number of methoxy groups -OCH3 is 3. The number of esters is 1. The van der Waals surface area contributed by atoms with Gasteiger partial charge in [0.25, 0.3) is 11.7 Å². The summed E-state index contributed by atoms with van der Waals surface area (Å²) in [5.74, 6) is -7.92. The fourth-order valence-corrected chi connectivity index (χ4v) is 11.3. The van der Waals surface area contributed by atoms with Gasteiger partial charge in [-0.1, -0.05) is 81.0 Å². The number of ether oxygens (including phenoxy) is 6. The first kappa shape index (κ1) is 55.2. The van der Waals surface area contributed by atoms with E-state index in [2.05, 4.69) is 6.58 Å². The number of ketones is 2. The van der Waals surface area contributed by atoms with E-state index in [1.54, 1.807) is 27.0 Å². The van der Waals surface area contributed by atoms with E-state index >= 15 is 0 Å².